The molecule has 5 nitrogen and oxygen atoms in total. The van der Waals surface area contributed by atoms with E-state index in [1.807, 2.05) is 41.5 Å². The van der Waals surface area contributed by atoms with E-state index in [4.69, 9.17) is 13.3 Å². The summed E-state index contributed by atoms with van der Waals surface area (Å²) in [7, 11) is -2.84. The van der Waals surface area contributed by atoms with Crippen molar-refractivity contribution in [3.63, 3.8) is 0 Å². The van der Waals surface area contributed by atoms with Gasteiger partial charge >= 0.3 is 8.80 Å². The van der Waals surface area contributed by atoms with E-state index >= 15 is 0 Å². The van der Waals surface area contributed by atoms with E-state index in [1.165, 1.54) is 0 Å². The third kappa shape index (κ3) is 9.07. The molecule has 1 rings (SSSR count). The quantitative estimate of drug-likeness (QED) is 0.506. The molecule has 1 aliphatic carbocycles. The summed E-state index contributed by atoms with van der Waals surface area (Å²) in [6.07, 6.45) is 4.41. The summed E-state index contributed by atoms with van der Waals surface area (Å²) in [5.74, 6) is 1.82. The molecule has 0 spiro atoms. The van der Waals surface area contributed by atoms with Crippen LogP contribution in [-0.4, -0.2) is 39.6 Å². The molecule has 0 saturated heterocycles. The van der Waals surface area contributed by atoms with Crippen LogP contribution in [0.5, 0.6) is 0 Å². The van der Waals surface area contributed by atoms with Crippen molar-refractivity contribution in [3.05, 3.63) is 0 Å². The minimum absolute atomic E-state index is 0.0242. The van der Waals surface area contributed by atoms with Crippen LogP contribution >= 0.6 is 0 Å². The Labute approximate surface area is 168 Å². The number of nitrogens with one attached hydrogen (secondary N) is 1. The monoisotopic (exact) mass is 401 g/mol. The van der Waals surface area contributed by atoms with Crippen molar-refractivity contribution in [3.8, 4) is 0 Å². The van der Waals surface area contributed by atoms with Crippen LogP contribution in [0.4, 0.5) is 0 Å². The average molecular weight is 402 g/mol. The van der Waals surface area contributed by atoms with Gasteiger partial charge in [-0.25, -0.2) is 0 Å². The zero-order valence-electron chi connectivity index (χ0n) is 18.8. The van der Waals surface area contributed by atoms with Crippen molar-refractivity contribution in [1.82, 2.24) is 5.32 Å². The molecule has 0 bridgehead atoms. The summed E-state index contributed by atoms with van der Waals surface area (Å²) in [5, 5.41) is 3.13. The van der Waals surface area contributed by atoms with Gasteiger partial charge in [-0.3, -0.25) is 4.79 Å². The number of rotatable bonds is 11. The first-order valence-corrected chi connectivity index (χ1v) is 12.8. The Bertz CT molecular complexity index is 405. The molecule has 27 heavy (non-hydrogen) atoms. The van der Waals surface area contributed by atoms with E-state index < -0.39 is 8.80 Å². The maximum Gasteiger partial charge on any atom is 0.503 e. The molecular weight excluding hydrogens is 358 g/mol. The lowest BCUT2D eigenvalue weighted by atomic mass is 9.77. The molecule has 0 aliphatic heterocycles. The van der Waals surface area contributed by atoms with Gasteiger partial charge < -0.3 is 18.6 Å². The minimum atomic E-state index is -2.84. The summed E-state index contributed by atoms with van der Waals surface area (Å²) >= 11 is 0. The van der Waals surface area contributed by atoms with Crippen molar-refractivity contribution in [1.29, 1.82) is 0 Å². The Hall–Kier alpha value is -0.433. The summed E-state index contributed by atoms with van der Waals surface area (Å²) < 4.78 is 18.5. The number of carbonyl (C=O) groups excluding carboxylic acids is 1. The van der Waals surface area contributed by atoms with Crippen LogP contribution in [-0.2, 0) is 18.1 Å². The van der Waals surface area contributed by atoms with Gasteiger partial charge in [0.1, 0.15) is 0 Å². The van der Waals surface area contributed by atoms with Crippen LogP contribution in [0, 0.1) is 17.8 Å². The second-order valence-electron chi connectivity index (χ2n) is 9.08. The fourth-order valence-corrected chi connectivity index (χ4v) is 6.97. The average Bonchev–Trinajstić information content (AvgIpc) is 2.52. The highest BCUT2D eigenvalue weighted by molar-refractivity contribution is 6.61. The second-order valence-corrected chi connectivity index (χ2v) is 11.7. The van der Waals surface area contributed by atoms with Gasteiger partial charge in [-0.2, -0.15) is 0 Å². The van der Waals surface area contributed by atoms with E-state index in [2.05, 4.69) is 19.2 Å². The van der Waals surface area contributed by atoms with Gasteiger partial charge in [0.2, 0.25) is 5.91 Å². The maximum absolute atomic E-state index is 12.6. The molecule has 1 aliphatic rings. The summed E-state index contributed by atoms with van der Waals surface area (Å²) in [5.41, 5.74) is 0. The van der Waals surface area contributed by atoms with Crippen LogP contribution in [0.25, 0.3) is 0 Å². The predicted molar refractivity (Wildman–Crippen MR) is 113 cm³/mol. The van der Waals surface area contributed by atoms with E-state index in [9.17, 15) is 4.79 Å². The Balaban J connectivity index is 2.60. The molecule has 6 heteroatoms. The van der Waals surface area contributed by atoms with E-state index in [1.54, 1.807) is 0 Å². The molecule has 1 N–H and O–H groups in total. The molecule has 160 valence electrons. The lowest BCUT2D eigenvalue weighted by Crippen LogP contribution is -2.52. The molecule has 0 aromatic heterocycles. The van der Waals surface area contributed by atoms with Crippen LogP contribution in [0.1, 0.15) is 81.1 Å². The molecule has 0 radical (unpaired) electrons. The van der Waals surface area contributed by atoms with Gasteiger partial charge in [0.25, 0.3) is 0 Å². The van der Waals surface area contributed by atoms with Gasteiger partial charge in [0, 0.05) is 36.8 Å². The van der Waals surface area contributed by atoms with Crippen molar-refractivity contribution in [2.75, 3.05) is 6.54 Å². The van der Waals surface area contributed by atoms with Crippen LogP contribution in [0.15, 0.2) is 0 Å². The predicted octanol–water partition coefficient (Wildman–Crippen LogP) is 4.78. The first kappa shape index (κ1) is 24.6. The Morgan fingerprint density at radius 1 is 0.852 bits per heavy atom. The normalized spacial score (nSPS) is 21.5. The lowest BCUT2D eigenvalue weighted by Gasteiger charge is -2.35. The maximum atomic E-state index is 12.6. The van der Waals surface area contributed by atoms with Gasteiger partial charge in [-0.1, -0.05) is 13.8 Å². The third-order valence-electron chi connectivity index (χ3n) is 5.06. The topological polar surface area (TPSA) is 56.8 Å². The molecule has 1 saturated carbocycles. The zero-order valence-corrected chi connectivity index (χ0v) is 19.8. The highest BCUT2D eigenvalue weighted by Gasteiger charge is 2.44. The first-order chi connectivity index (χ1) is 12.5. The van der Waals surface area contributed by atoms with E-state index in [0.29, 0.717) is 12.6 Å². The fraction of sp³-hybridized carbons (Fsp3) is 0.952. The molecule has 1 fully saturated rings. The lowest BCUT2D eigenvalue weighted by molar-refractivity contribution is -0.126. The summed E-state index contributed by atoms with van der Waals surface area (Å²) in [6.45, 7) is 17.1. The number of amides is 1. The molecule has 0 aromatic carbocycles. The number of carbonyl (C=O) groups is 1. The van der Waals surface area contributed by atoms with Gasteiger partial charge in [0.15, 0.2) is 0 Å². The molecule has 0 aromatic rings. The van der Waals surface area contributed by atoms with Crippen LogP contribution in [0.2, 0.25) is 6.04 Å². The van der Waals surface area contributed by atoms with E-state index in [-0.39, 0.29) is 30.1 Å². The fourth-order valence-electron chi connectivity index (χ4n) is 3.87. The van der Waals surface area contributed by atoms with Crippen molar-refractivity contribution >= 4 is 14.7 Å². The van der Waals surface area contributed by atoms with Crippen molar-refractivity contribution < 1.29 is 18.1 Å². The third-order valence-corrected chi connectivity index (χ3v) is 8.42. The number of hydrogen-bond donors (Lipinski definition) is 1. The zero-order chi connectivity index (χ0) is 20.6. The Morgan fingerprint density at radius 2 is 1.30 bits per heavy atom. The van der Waals surface area contributed by atoms with Gasteiger partial charge in [-0.05, 0) is 79.1 Å². The Morgan fingerprint density at radius 3 is 1.67 bits per heavy atom. The minimum Gasteiger partial charge on any atom is -0.371 e. The number of hydrogen-bond acceptors (Lipinski definition) is 4. The molecule has 0 unspecified atom stereocenters. The van der Waals surface area contributed by atoms with Gasteiger partial charge in [0.05, 0.1) is 0 Å². The van der Waals surface area contributed by atoms with E-state index in [0.717, 1.165) is 37.5 Å². The van der Waals surface area contributed by atoms with Crippen LogP contribution in [0.3, 0.4) is 0 Å². The largest absolute Gasteiger partial charge is 0.503 e. The van der Waals surface area contributed by atoms with Crippen molar-refractivity contribution in [2.24, 2.45) is 17.8 Å². The molecule has 1 amide bonds. The SMILES string of the molecule is CC(C)O[Si](CCNC(=O)C1CCC(C(C)C)CC1)(OC(C)C)OC(C)C. The van der Waals surface area contributed by atoms with Gasteiger partial charge in [-0.15, -0.1) is 0 Å². The highest BCUT2D eigenvalue weighted by Crippen LogP contribution is 2.33. The molecule has 0 heterocycles. The summed E-state index contributed by atoms with van der Waals surface area (Å²) in [4.78, 5) is 12.6. The first-order valence-electron chi connectivity index (χ1n) is 10.9. The standard InChI is InChI=1S/C21H43NO4Si/c1-15(2)19-9-11-20(12-10-19)21(23)22-13-14-27(24-16(3)4,25-17(5)6)26-18(7)8/h15-20H,9-14H2,1-8H3,(H,22,23). The Kier molecular flexibility index (Phi) is 10.5. The summed E-state index contributed by atoms with van der Waals surface area (Å²) in [6, 6.07) is 0.606. The van der Waals surface area contributed by atoms with Crippen molar-refractivity contribution in [2.45, 2.75) is 105 Å². The molecule has 0 atom stereocenters. The smallest absolute Gasteiger partial charge is 0.371 e. The highest BCUT2D eigenvalue weighted by atomic mass is 28.4. The second kappa shape index (κ2) is 11.5. The molecular formula is C21H43NO4Si. The van der Waals surface area contributed by atoms with Crippen LogP contribution < -0.4 is 5.32 Å².